The van der Waals surface area contributed by atoms with E-state index in [4.69, 9.17) is 10.8 Å². The zero-order chi connectivity index (χ0) is 16.1. The Balaban J connectivity index is 2.32. The molecule has 4 N–H and O–H groups in total. The molecule has 1 heterocycles. The van der Waals surface area contributed by atoms with Gasteiger partial charge < -0.3 is 21.1 Å². The van der Waals surface area contributed by atoms with Crippen LogP contribution in [-0.2, 0) is 0 Å². The van der Waals surface area contributed by atoms with Gasteiger partial charge in [0.1, 0.15) is 23.6 Å². The lowest BCUT2D eigenvalue weighted by atomic mass is 10.3. The highest BCUT2D eigenvalue weighted by molar-refractivity contribution is 5.78. The Kier molecular flexibility index (Phi) is 5.05. The predicted octanol–water partition coefficient (Wildman–Crippen LogP) is 1.90. The van der Waals surface area contributed by atoms with Crippen molar-refractivity contribution in [2.75, 3.05) is 35.6 Å². The Bertz CT molecular complexity index is 653. The maximum Gasteiger partial charge on any atom is 0.159 e. The number of nitrogens with one attached hydrogen (secondary N) is 1. The van der Waals surface area contributed by atoms with Crippen LogP contribution in [0.5, 0.6) is 0 Å². The molecule has 0 spiro atoms. The molecular weight excluding hydrogens is 292 g/mol. The van der Waals surface area contributed by atoms with Crippen LogP contribution in [0.2, 0.25) is 0 Å². The SMILES string of the molecule is CCN(CCO)c1ncnc(Nc2ccc(F)cc2F)c1N. The van der Waals surface area contributed by atoms with E-state index < -0.39 is 11.6 Å². The molecule has 0 amide bonds. The molecular formula is C14H17F2N5O. The van der Waals surface area contributed by atoms with Crippen LogP contribution >= 0.6 is 0 Å². The minimum atomic E-state index is -0.748. The number of benzene rings is 1. The Labute approximate surface area is 126 Å². The molecule has 0 radical (unpaired) electrons. The topological polar surface area (TPSA) is 87.3 Å². The van der Waals surface area contributed by atoms with Crippen molar-refractivity contribution < 1.29 is 13.9 Å². The average molecular weight is 309 g/mol. The van der Waals surface area contributed by atoms with Gasteiger partial charge >= 0.3 is 0 Å². The fourth-order valence-electron chi connectivity index (χ4n) is 1.99. The first-order chi connectivity index (χ1) is 10.6. The summed E-state index contributed by atoms with van der Waals surface area (Å²) >= 11 is 0. The number of hydrogen-bond donors (Lipinski definition) is 3. The van der Waals surface area contributed by atoms with Crippen LogP contribution in [-0.4, -0.2) is 34.8 Å². The third-order valence-corrected chi connectivity index (χ3v) is 3.10. The number of nitrogens with two attached hydrogens (primary N) is 1. The van der Waals surface area contributed by atoms with Gasteiger partial charge in [0.15, 0.2) is 11.6 Å². The van der Waals surface area contributed by atoms with Crippen molar-refractivity contribution >= 4 is 23.0 Å². The number of nitrogen functional groups attached to an aromatic ring is 1. The fraction of sp³-hybridized carbons (Fsp3) is 0.286. The molecule has 0 aliphatic heterocycles. The summed E-state index contributed by atoms with van der Waals surface area (Å²) in [4.78, 5) is 9.84. The lowest BCUT2D eigenvalue weighted by Gasteiger charge is -2.23. The van der Waals surface area contributed by atoms with Crippen LogP contribution in [0, 0.1) is 11.6 Å². The number of halogens is 2. The first-order valence-electron chi connectivity index (χ1n) is 6.75. The van der Waals surface area contributed by atoms with E-state index in [1.807, 2.05) is 6.92 Å². The molecule has 118 valence electrons. The summed E-state index contributed by atoms with van der Waals surface area (Å²) in [5, 5.41) is 11.8. The molecule has 0 unspecified atom stereocenters. The molecule has 2 aromatic rings. The zero-order valence-electron chi connectivity index (χ0n) is 12.1. The fourth-order valence-corrected chi connectivity index (χ4v) is 1.99. The summed E-state index contributed by atoms with van der Waals surface area (Å²) in [7, 11) is 0. The summed E-state index contributed by atoms with van der Waals surface area (Å²) < 4.78 is 26.6. The highest BCUT2D eigenvalue weighted by Crippen LogP contribution is 2.29. The Morgan fingerprint density at radius 3 is 2.73 bits per heavy atom. The number of rotatable bonds is 6. The number of aliphatic hydroxyl groups is 1. The molecule has 0 saturated carbocycles. The lowest BCUT2D eigenvalue weighted by Crippen LogP contribution is -2.28. The van der Waals surface area contributed by atoms with E-state index in [1.54, 1.807) is 4.90 Å². The Morgan fingerprint density at radius 1 is 1.32 bits per heavy atom. The van der Waals surface area contributed by atoms with E-state index >= 15 is 0 Å². The van der Waals surface area contributed by atoms with Crippen LogP contribution in [0.1, 0.15) is 6.92 Å². The second kappa shape index (κ2) is 6.99. The van der Waals surface area contributed by atoms with Crippen molar-refractivity contribution in [3.05, 3.63) is 36.2 Å². The zero-order valence-corrected chi connectivity index (χ0v) is 12.1. The number of nitrogens with zero attached hydrogens (tertiary/aromatic N) is 3. The van der Waals surface area contributed by atoms with Gasteiger partial charge in [-0.2, -0.15) is 0 Å². The molecule has 22 heavy (non-hydrogen) atoms. The van der Waals surface area contributed by atoms with Gasteiger partial charge in [-0.05, 0) is 19.1 Å². The summed E-state index contributed by atoms with van der Waals surface area (Å²) in [5.74, 6) is -0.759. The summed E-state index contributed by atoms with van der Waals surface area (Å²) in [6, 6.07) is 3.16. The van der Waals surface area contributed by atoms with Crippen LogP contribution in [0.4, 0.5) is 31.8 Å². The van der Waals surface area contributed by atoms with Crippen LogP contribution in [0.25, 0.3) is 0 Å². The minimum Gasteiger partial charge on any atom is -0.395 e. The number of aliphatic hydroxyl groups excluding tert-OH is 1. The van der Waals surface area contributed by atoms with Gasteiger partial charge in [0, 0.05) is 19.2 Å². The first kappa shape index (κ1) is 15.9. The Morgan fingerprint density at radius 2 is 2.09 bits per heavy atom. The Hall–Kier alpha value is -2.48. The molecule has 8 heteroatoms. The van der Waals surface area contributed by atoms with E-state index in [1.165, 1.54) is 12.4 Å². The van der Waals surface area contributed by atoms with E-state index in [0.717, 1.165) is 12.1 Å². The van der Waals surface area contributed by atoms with E-state index in [0.29, 0.717) is 18.9 Å². The van der Waals surface area contributed by atoms with Crippen molar-refractivity contribution in [3.8, 4) is 0 Å². The molecule has 0 bridgehead atoms. The summed E-state index contributed by atoms with van der Waals surface area (Å²) in [6.45, 7) is 2.80. The van der Waals surface area contributed by atoms with Crippen molar-refractivity contribution in [2.24, 2.45) is 0 Å². The molecule has 2 rings (SSSR count). The van der Waals surface area contributed by atoms with Crippen LogP contribution in [0.15, 0.2) is 24.5 Å². The second-order valence-corrected chi connectivity index (χ2v) is 4.51. The predicted molar refractivity (Wildman–Crippen MR) is 81.1 cm³/mol. The lowest BCUT2D eigenvalue weighted by molar-refractivity contribution is 0.302. The smallest absolute Gasteiger partial charge is 0.159 e. The van der Waals surface area contributed by atoms with Gasteiger partial charge in [0.2, 0.25) is 0 Å². The highest BCUT2D eigenvalue weighted by atomic mass is 19.1. The molecule has 1 aromatic heterocycles. The number of anilines is 4. The quantitative estimate of drug-likeness (QED) is 0.755. The van der Waals surface area contributed by atoms with Gasteiger partial charge in [-0.25, -0.2) is 18.7 Å². The van der Waals surface area contributed by atoms with Crippen LogP contribution < -0.4 is 16.0 Å². The second-order valence-electron chi connectivity index (χ2n) is 4.51. The molecule has 0 saturated heterocycles. The minimum absolute atomic E-state index is 0.0490. The highest BCUT2D eigenvalue weighted by Gasteiger charge is 2.15. The molecule has 0 aliphatic carbocycles. The van der Waals surface area contributed by atoms with Gasteiger partial charge in [-0.3, -0.25) is 0 Å². The third kappa shape index (κ3) is 3.40. The van der Waals surface area contributed by atoms with Gasteiger partial charge in [-0.1, -0.05) is 0 Å². The van der Waals surface area contributed by atoms with Gasteiger partial charge in [0.05, 0.1) is 12.3 Å². The molecule has 1 aromatic carbocycles. The van der Waals surface area contributed by atoms with Crippen LogP contribution in [0.3, 0.4) is 0 Å². The van der Waals surface area contributed by atoms with Crippen molar-refractivity contribution in [1.29, 1.82) is 0 Å². The number of aromatic nitrogens is 2. The molecule has 6 nitrogen and oxygen atoms in total. The number of hydrogen-bond acceptors (Lipinski definition) is 6. The summed E-state index contributed by atoms with van der Waals surface area (Å²) in [5.41, 5.74) is 6.29. The van der Waals surface area contributed by atoms with Gasteiger partial charge in [0.25, 0.3) is 0 Å². The normalized spacial score (nSPS) is 10.5. The number of likely N-dealkylation sites (N-methyl/N-ethyl adjacent to an activating group) is 1. The van der Waals surface area contributed by atoms with E-state index in [-0.39, 0.29) is 23.8 Å². The molecule has 0 aliphatic rings. The van der Waals surface area contributed by atoms with Crippen molar-refractivity contribution in [3.63, 3.8) is 0 Å². The maximum atomic E-state index is 13.7. The summed E-state index contributed by atoms with van der Waals surface area (Å²) in [6.07, 6.45) is 1.29. The van der Waals surface area contributed by atoms with E-state index in [2.05, 4.69) is 15.3 Å². The standard InChI is InChI=1S/C14H17F2N5O/c1-2-21(5-6-22)14-12(17)13(18-8-19-14)20-11-4-3-9(15)7-10(11)16/h3-4,7-8,22H,2,5-6,17H2,1H3,(H,18,19,20). The monoisotopic (exact) mass is 309 g/mol. The third-order valence-electron chi connectivity index (χ3n) is 3.10. The molecule has 0 fully saturated rings. The van der Waals surface area contributed by atoms with Crippen molar-refractivity contribution in [2.45, 2.75) is 6.92 Å². The largest absolute Gasteiger partial charge is 0.395 e. The molecule has 0 atom stereocenters. The van der Waals surface area contributed by atoms with E-state index in [9.17, 15) is 8.78 Å². The van der Waals surface area contributed by atoms with Gasteiger partial charge in [-0.15, -0.1) is 0 Å². The maximum absolute atomic E-state index is 13.7. The first-order valence-corrected chi connectivity index (χ1v) is 6.75. The average Bonchev–Trinajstić information content (AvgIpc) is 2.50. The van der Waals surface area contributed by atoms with Crippen molar-refractivity contribution in [1.82, 2.24) is 9.97 Å².